The lowest BCUT2D eigenvalue weighted by atomic mass is 10.3. The van der Waals surface area contributed by atoms with E-state index in [0.717, 1.165) is 0 Å². The van der Waals surface area contributed by atoms with Gasteiger partial charge in [-0.25, -0.2) is 0 Å². The fourth-order valence-electron chi connectivity index (χ4n) is 0.585. The molecule has 0 radical (unpaired) electrons. The first-order valence-corrected chi connectivity index (χ1v) is 4.00. The standard InChI is InChI=1S/C6H5F3OS/c7-11(8,9)10-6-4-2-1-3-5-6/h1-5H. The zero-order valence-corrected chi connectivity index (χ0v) is 6.15. The summed E-state index contributed by atoms with van der Waals surface area (Å²) >= 11 is -5.38. The summed E-state index contributed by atoms with van der Waals surface area (Å²) in [6.45, 7) is 0. The maximum absolute atomic E-state index is 11.6. The van der Waals surface area contributed by atoms with E-state index in [1.165, 1.54) is 24.3 Å². The highest BCUT2D eigenvalue weighted by Gasteiger charge is 2.23. The quantitative estimate of drug-likeness (QED) is 0.680. The molecule has 62 valence electrons. The second-order valence-electron chi connectivity index (χ2n) is 1.76. The Morgan fingerprint density at radius 1 is 1.00 bits per heavy atom. The number of hydrogen-bond donors (Lipinski definition) is 0. The van der Waals surface area contributed by atoms with Gasteiger partial charge in [0.25, 0.3) is 0 Å². The van der Waals surface area contributed by atoms with Gasteiger partial charge in [-0.1, -0.05) is 29.9 Å². The molecule has 0 heterocycles. The van der Waals surface area contributed by atoms with Gasteiger partial charge in [0.1, 0.15) is 5.75 Å². The van der Waals surface area contributed by atoms with Crippen molar-refractivity contribution in [3.05, 3.63) is 30.3 Å². The number of halogens is 3. The van der Waals surface area contributed by atoms with Gasteiger partial charge in [0.15, 0.2) is 0 Å². The molecule has 0 aromatic heterocycles. The van der Waals surface area contributed by atoms with Crippen molar-refractivity contribution >= 4 is 11.5 Å². The lowest BCUT2D eigenvalue weighted by molar-refractivity contribution is 0.452. The van der Waals surface area contributed by atoms with Crippen molar-refractivity contribution in [2.45, 2.75) is 0 Å². The summed E-state index contributed by atoms with van der Waals surface area (Å²) in [5.74, 6) is -0.157. The molecule has 0 N–H and O–H groups in total. The maximum atomic E-state index is 11.6. The van der Waals surface area contributed by atoms with Crippen LogP contribution in [0.5, 0.6) is 5.75 Å². The third kappa shape index (κ3) is 3.18. The van der Waals surface area contributed by atoms with Crippen LogP contribution >= 0.6 is 11.5 Å². The molecule has 0 unspecified atom stereocenters. The first kappa shape index (κ1) is 8.26. The molecule has 0 spiro atoms. The second kappa shape index (κ2) is 3.04. The van der Waals surface area contributed by atoms with E-state index < -0.39 is 11.5 Å². The largest absolute Gasteiger partial charge is 0.391 e. The van der Waals surface area contributed by atoms with E-state index >= 15 is 0 Å². The first-order chi connectivity index (χ1) is 5.08. The Hall–Kier alpha value is -0.840. The summed E-state index contributed by atoms with van der Waals surface area (Å²) in [4.78, 5) is 0. The van der Waals surface area contributed by atoms with Crippen molar-refractivity contribution in [2.75, 3.05) is 0 Å². The molecule has 1 aromatic carbocycles. The molecule has 1 nitrogen and oxygen atoms in total. The highest BCUT2D eigenvalue weighted by atomic mass is 32.4. The Balaban J connectivity index is 2.66. The van der Waals surface area contributed by atoms with Gasteiger partial charge in [-0.2, -0.15) is 0 Å². The van der Waals surface area contributed by atoms with Gasteiger partial charge in [0.2, 0.25) is 0 Å². The predicted octanol–water partition coefficient (Wildman–Crippen LogP) is 3.44. The minimum absolute atomic E-state index is 0.157. The van der Waals surface area contributed by atoms with Crippen LogP contribution in [0.3, 0.4) is 0 Å². The van der Waals surface area contributed by atoms with E-state index in [4.69, 9.17) is 0 Å². The smallest absolute Gasteiger partial charge is 0.373 e. The van der Waals surface area contributed by atoms with E-state index in [9.17, 15) is 11.7 Å². The van der Waals surface area contributed by atoms with Crippen molar-refractivity contribution in [2.24, 2.45) is 0 Å². The summed E-state index contributed by atoms with van der Waals surface area (Å²) in [5, 5.41) is 0. The topological polar surface area (TPSA) is 9.23 Å². The predicted molar refractivity (Wildman–Crippen MR) is 38.0 cm³/mol. The molecule has 0 atom stereocenters. The summed E-state index contributed by atoms with van der Waals surface area (Å²) in [6.07, 6.45) is 0. The second-order valence-corrected chi connectivity index (χ2v) is 2.65. The van der Waals surface area contributed by atoms with Crippen LogP contribution < -0.4 is 4.18 Å². The highest BCUT2D eigenvalue weighted by molar-refractivity contribution is 8.17. The van der Waals surface area contributed by atoms with Crippen LogP contribution in [0.2, 0.25) is 0 Å². The van der Waals surface area contributed by atoms with E-state index in [0.29, 0.717) is 0 Å². The van der Waals surface area contributed by atoms with Gasteiger partial charge >= 0.3 is 11.5 Å². The Kier molecular flexibility index (Phi) is 2.28. The van der Waals surface area contributed by atoms with Crippen molar-refractivity contribution in [1.29, 1.82) is 0 Å². The normalized spacial score (nSPS) is 12.6. The number of para-hydroxylation sites is 1. The summed E-state index contributed by atoms with van der Waals surface area (Å²) in [7, 11) is 0. The molecule has 0 aliphatic carbocycles. The van der Waals surface area contributed by atoms with Gasteiger partial charge in [0.05, 0.1) is 0 Å². The third-order valence-corrected chi connectivity index (χ3v) is 1.32. The van der Waals surface area contributed by atoms with Gasteiger partial charge in [-0.3, -0.25) is 0 Å². The minimum Gasteiger partial charge on any atom is -0.373 e. The molecule has 0 aliphatic heterocycles. The molecule has 0 fully saturated rings. The van der Waals surface area contributed by atoms with Gasteiger partial charge in [0, 0.05) is 0 Å². The lowest BCUT2D eigenvalue weighted by Crippen LogP contribution is -1.88. The van der Waals surface area contributed by atoms with Crippen LogP contribution in [0.25, 0.3) is 0 Å². The molecule has 0 saturated heterocycles. The average Bonchev–Trinajstić information content (AvgIpc) is 1.85. The van der Waals surface area contributed by atoms with Crippen LogP contribution in [-0.4, -0.2) is 0 Å². The van der Waals surface area contributed by atoms with Crippen molar-refractivity contribution in [1.82, 2.24) is 0 Å². The molecule has 11 heavy (non-hydrogen) atoms. The van der Waals surface area contributed by atoms with Crippen molar-refractivity contribution < 1.29 is 15.8 Å². The molecule has 0 amide bonds. The fourth-order valence-corrected chi connectivity index (χ4v) is 0.914. The SMILES string of the molecule is FS(F)(F)Oc1ccccc1. The maximum Gasteiger partial charge on any atom is 0.391 e. The van der Waals surface area contributed by atoms with Crippen molar-refractivity contribution in [3.8, 4) is 5.75 Å². The Bertz CT molecular complexity index is 221. The van der Waals surface area contributed by atoms with Crippen LogP contribution in [-0.2, 0) is 0 Å². The van der Waals surface area contributed by atoms with Gasteiger partial charge < -0.3 is 4.18 Å². The number of benzene rings is 1. The Morgan fingerprint density at radius 2 is 1.55 bits per heavy atom. The molecular formula is C6H5F3OS. The van der Waals surface area contributed by atoms with Crippen LogP contribution in [0.1, 0.15) is 0 Å². The lowest BCUT2D eigenvalue weighted by Gasteiger charge is -2.09. The number of rotatable bonds is 2. The highest BCUT2D eigenvalue weighted by Crippen LogP contribution is 2.53. The molecule has 0 bridgehead atoms. The zero-order valence-electron chi connectivity index (χ0n) is 5.34. The average molecular weight is 182 g/mol. The zero-order chi connectivity index (χ0) is 8.32. The Morgan fingerprint density at radius 3 is 2.00 bits per heavy atom. The summed E-state index contributed by atoms with van der Waals surface area (Å²) < 4.78 is 38.5. The van der Waals surface area contributed by atoms with Crippen LogP contribution in [0, 0.1) is 0 Å². The summed E-state index contributed by atoms with van der Waals surface area (Å²) in [5.41, 5.74) is 0. The molecule has 0 saturated carbocycles. The molecule has 0 aliphatic rings. The summed E-state index contributed by atoms with van der Waals surface area (Å²) in [6, 6.07) is 7.13. The molecular weight excluding hydrogens is 177 g/mol. The molecule has 5 heteroatoms. The number of hydrogen-bond acceptors (Lipinski definition) is 1. The third-order valence-electron chi connectivity index (χ3n) is 0.934. The van der Waals surface area contributed by atoms with Gasteiger partial charge in [-0.05, 0) is 12.1 Å². The van der Waals surface area contributed by atoms with Crippen molar-refractivity contribution in [3.63, 3.8) is 0 Å². The van der Waals surface area contributed by atoms with E-state index in [-0.39, 0.29) is 5.75 Å². The van der Waals surface area contributed by atoms with E-state index in [1.54, 1.807) is 6.07 Å². The fraction of sp³-hybridized carbons (Fsp3) is 0. The molecule has 1 aromatic rings. The van der Waals surface area contributed by atoms with E-state index in [1.807, 2.05) is 0 Å². The van der Waals surface area contributed by atoms with E-state index in [2.05, 4.69) is 4.18 Å². The Labute approximate surface area is 64.2 Å². The van der Waals surface area contributed by atoms with Crippen LogP contribution in [0.4, 0.5) is 11.7 Å². The first-order valence-electron chi connectivity index (χ1n) is 2.74. The minimum atomic E-state index is -5.38. The van der Waals surface area contributed by atoms with Crippen LogP contribution in [0.15, 0.2) is 30.3 Å². The monoisotopic (exact) mass is 182 g/mol. The van der Waals surface area contributed by atoms with Gasteiger partial charge in [-0.15, -0.1) is 0 Å². The molecule has 1 rings (SSSR count).